The zero-order valence-corrected chi connectivity index (χ0v) is 28.3. The van der Waals surface area contributed by atoms with Gasteiger partial charge in [0, 0.05) is 13.0 Å². The first-order valence-corrected chi connectivity index (χ1v) is 18.2. The fraction of sp³-hybridized carbons (Fsp3) is 0.675. The average molecular weight is 631 g/mol. The first kappa shape index (κ1) is 33.6. The highest BCUT2D eigenvalue weighted by Gasteiger charge is 2.65. The Bertz CT molecular complexity index is 1250. The van der Waals surface area contributed by atoms with E-state index in [4.69, 9.17) is 10.5 Å². The molecule has 0 unspecified atom stereocenters. The lowest BCUT2D eigenvalue weighted by molar-refractivity contribution is -0.210. The summed E-state index contributed by atoms with van der Waals surface area (Å²) in [5.74, 6) is 2.04. The van der Waals surface area contributed by atoms with Crippen molar-refractivity contribution in [2.75, 3.05) is 13.1 Å². The second-order valence-electron chi connectivity index (χ2n) is 15.8. The lowest BCUT2D eigenvalue weighted by Gasteiger charge is -2.63. The van der Waals surface area contributed by atoms with Gasteiger partial charge >= 0.3 is 0 Å². The number of ether oxygens (including phenoxy) is 1. The standard InChI is InChI=1S/C40H58N2O4/c1-26(15-18-36(45)42-22-10-21-41)31-16-17-32-37-33(25-35(44)40(31,32)3)39(2)20-19-30(23-29(39)24-34(37)43)46-38(27-11-6-4-7-12-27)28-13-8-5-9-14-28/h4-9,11-14,26,29-35,37-38,43-44H,10,15-25,41H2,1-3H3,(H,42,45)/t26-,29+,30-,31-,32+,33+,34-,35+,37+,39+,40-/m1/s1. The van der Waals surface area contributed by atoms with E-state index in [0.29, 0.717) is 49.1 Å². The molecule has 4 saturated carbocycles. The van der Waals surface area contributed by atoms with Crippen LogP contribution < -0.4 is 11.1 Å². The summed E-state index contributed by atoms with van der Waals surface area (Å²) in [5, 5.41) is 27.0. The number of rotatable bonds is 11. The average Bonchev–Trinajstić information content (AvgIpc) is 3.43. The summed E-state index contributed by atoms with van der Waals surface area (Å²) in [6, 6.07) is 21.1. The van der Waals surface area contributed by atoms with Gasteiger partial charge in [0.1, 0.15) is 6.10 Å². The van der Waals surface area contributed by atoms with E-state index in [1.165, 1.54) is 11.1 Å². The molecule has 4 aliphatic carbocycles. The van der Waals surface area contributed by atoms with E-state index >= 15 is 0 Å². The monoisotopic (exact) mass is 630 g/mol. The fourth-order valence-electron chi connectivity index (χ4n) is 11.0. The van der Waals surface area contributed by atoms with Crippen LogP contribution in [0.2, 0.25) is 0 Å². The molecule has 0 heterocycles. The van der Waals surface area contributed by atoms with Gasteiger partial charge in [0.25, 0.3) is 0 Å². The summed E-state index contributed by atoms with van der Waals surface area (Å²) in [5.41, 5.74) is 7.80. The van der Waals surface area contributed by atoms with E-state index in [9.17, 15) is 15.0 Å². The first-order chi connectivity index (χ1) is 22.2. The molecule has 4 fully saturated rings. The molecule has 11 atom stereocenters. The minimum absolute atomic E-state index is 0.0897. The Morgan fingerprint density at radius 1 is 0.957 bits per heavy atom. The number of benzene rings is 2. The zero-order valence-electron chi connectivity index (χ0n) is 28.3. The van der Waals surface area contributed by atoms with Crippen LogP contribution in [0.25, 0.3) is 0 Å². The van der Waals surface area contributed by atoms with E-state index in [-0.39, 0.29) is 47.1 Å². The predicted octanol–water partition coefficient (Wildman–Crippen LogP) is 6.64. The van der Waals surface area contributed by atoms with Crippen molar-refractivity contribution in [3.63, 3.8) is 0 Å². The SMILES string of the molecule is C[C@H](CCC(=O)NCCCN)[C@H]1CC[C@H]2[C@@H]3[C@H](O)C[C@@H]4C[C@H](OC(c5ccccc5)c5ccccc5)CC[C@]4(C)[C@H]3C[C@H](O)[C@]12C. The maximum absolute atomic E-state index is 12.4. The van der Waals surface area contributed by atoms with Gasteiger partial charge in [-0.3, -0.25) is 4.79 Å². The van der Waals surface area contributed by atoms with Crippen LogP contribution in [0.3, 0.4) is 0 Å². The second-order valence-corrected chi connectivity index (χ2v) is 15.8. The van der Waals surface area contributed by atoms with E-state index < -0.39 is 0 Å². The zero-order chi connectivity index (χ0) is 32.5. The first-order valence-electron chi connectivity index (χ1n) is 18.2. The molecule has 5 N–H and O–H groups in total. The summed E-state index contributed by atoms with van der Waals surface area (Å²) < 4.78 is 6.98. The second kappa shape index (κ2) is 14.1. The van der Waals surface area contributed by atoms with Crippen molar-refractivity contribution >= 4 is 5.91 Å². The molecule has 0 aliphatic heterocycles. The lowest BCUT2D eigenvalue weighted by atomic mass is 9.43. The molecule has 6 nitrogen and oxygen atoms in total. The summed E-state index contributed by atoms with van der Waals surface area (Å²) in [6.45, 7) is 8.28. The van der Waals surface area contributed by atoms with Crippen molar-refractivity contribution in [1.82, 2.24) is 5.32 Å². The van der Waals surface area contributed by atoms with Crippen LogP contribution in [0.5, 0.6) is 0 Å². The molecule has 0 spiro atoms. The topological polar surface area (TPSA) is 105 Å². The minimum atomic E-state index is -0.385. The Hall–Kier alpha value is -2.25. The maximum atomic E-state index is 12.4. The molecule has 252 valence electrons. The molecule has 46 heavy (non-hydrogen) atoms. The van der Waals surface area contributed by atoms with Crippen molar-refractivity contribution in [1.29, 1.82) is 0 Å². The predicted molar refractivity (Wildman–Crippen MR) is 183 cm³/mol. The number of aliphatic hydroxyl groups excluding tert-OH is 2. The molecule has 2 aromatic carbocycles. The van der Waals surface area contributed by atoms with Gasteiger partial charge in [0.15, 0.2) is 0 Å². The quantitative estimate of drug-likeness (QED) is 0.208. The Morgan fingerprint density at radius 2 is 1.63 bits per heavy atom. The smallest absolute Gasteiger partial charge is 0.220 e. The number of carbonyl (C=O) groups is 1. The molecular weight excluding hydrogens is 572 g/mol. The van der Waals surface area contributed by atoms with Gasteiger partial charge in [-0.15, -0.1) is 0 Å². The third-order valence-corrected chi connectivity index (χ3v) is 13.6. The van der Waals surface area contributed by atoms with E-state index in [0.717, 1.165) is 57.8 Å². The van der Waals surface area contributed by atoms with Crippen molar-refractivity contribution in [2.24, 2.45) is 52.1 Å². The van der Waals surface area contributed by atoms with Crippen molar-refractivity contribution in [3.8, 4) is 0 Å². The van der Waals surface area contributed by atoms with Crippen LogP contribution in [-0.4, -0.2) is 47.5 Å². The maximum Gasteiger partial charge on any atom is 0.220 e. The van der Waals surface area contributed by atoms with Gasteiger partial charge in [-0.1, -0.05) is 81.4 Å². The molecular formula is C40H58N2O4. The number of aliphatic hydroxyl groups is 2. The van der Waals surface area contributed by atoms with E-state index in [1.807, 2.05) is 0 Å². The van der Waals surface area contributed by atoms with Gasteiger partial charge in [-0.05, 0) is 122 Å². The highest BCUT2D eigenvalue weighted by Crippen LogP contribution is 2.68. The minimum Gasteiger partial charge on any atom is -0.393 e. The van der Waals surface area contributed by atoms with Crippen molar-refractivity contribution < 1.29 is 19.7 Å². The Kier molecular flexibility index (Phi) is 10.3. The lowest BCUT2D eigenvalue weighted by Crippen LogP contribution is -2.62. The van der Waals surface area contributed by atoms with Gasteiger partial charge in [-0.25, -0.2) is 0 Å². The molecule has 0 radical (unpaired) electrons. The van der Waals surface area contributed by atoms with Crippen LogP contribution >= 0.6 is 0 Å². The van der Waals surface area contributed by atoms with Crippen LogP contribution in [0, 0.1) is 46.3 Å². The normalized spacial score (nSPS) is 37.6. The summed E-state index contributed by atoms with van der Waals surface area (Å²) in [4.78, 5) is 12.4. The molecule has 1 amide bonds. The number of hydrogen-bond acceptors (Lipinski definition) is 5. The molecule has 6 heteroatoms. The summed E-state index contributed by atoms with van der Waals surface area (Å²) in [6.07, 6.45) is 8.21. The molecule has 4 aliphatic rings. The Labute approximate surface area is 276 Å². The third kappa shape index (κ3) is 6.32. The van der Waals surface area contributed by atoms with Crippen LogP contribution in [0.4, 0.5) is 0 Å². The van der Waals surface area contributed by atoms with E-state index in [1.54, 1.807) is 0 Å². The number of fused-ring (bicyclic) bond motifs is 5. The van der Waals surface area contributed by atoms with Gasteiger partial charge < -0.3 is 26.0 Å². The third-order valence-electron chi connectivity index (χ3n) is 13.6. The number of nitrogens with one attached hydrogen (secondary N) is 1. The molecule has 0 saturated heterocycles. The molecule has 0 aromatic heterocycles. The highest BCUT2D eigenvalue weighted by atomic mass is 16.5. The Morgan fingerprint density at radius 3 is 2.28 bits per heavy atom. The molecule has 6 rings (SSSR count). The van der Waals surface area contributed by atoms with Crippen LogP contribution in [0.15, 0.2) is 60.7 Å². The summed E-state index contributed by atoms with van der Waals surface area (Å²) >= 11 is 0. The summed E-state index contributed by atoms with van der Waals surface area (Å²) in [7, 11) is 0. The van der Waals surface area contributed by atoms with Gasteiger partial charge in [0.05, 0.1) is 18.3 Å². The number of carbonyl (C=O) groups excluding carboxylic acids is 1. The number of nitrogens with two attached hydrogens (primary N) is 1. The van der Waals surface area contributed by atoms with Crippen LogP contribution in [-0.2, 0) is 9.53 Å². The van der Waals surface area contributed by atoms with Gasteiger partial charge in [-0.2, -0.15) is 0 Å². The van der Waals surface area contributed by atoms with Gasteiger partial charge in [0.2, 0.25) is 5.91 Å². The molecule has 2 aromatic rings. The molecule has 0 bridgehead atoms. The Balaban J connectivity index is 1.14. The van der Waals surface area contributed by atoms with Crippen LogP contribution in [0.1, 0.15) is 102 Å². The fourth-order valence-corrected chi connectivity index (χ4v) is 11.0. The van der Waals surface area contributed by atoms with E-state index in [2.05, 4.69) is 86.8 Å². The van der Waals surface area contributed by atoms with Crippen molar-refractivity contribution in [2.45, 2.75) is 109 Å². The highest BCUT2D eigenvalue weighted by molar-refractivity contribution is 5.75. The number of hydrogen-bond donors (Lipinski definition) is 4. The van der Waals surface area contributed by atoms with Crippen molar-refractivity contribution in [3.05, 3.63) is 71.8 Å². The largest absolute Gasteiger partial charge is 0.393 e. The number of amides is 1.